The normalized spacial score (nSPS) is 13.3. The molecule has 0 bridgehead atoms. The molecular formula is C39H44Cl2Zr-4. The van der Waals surface area contributed by atoms with Crippen molar-refractivity contribution < 1.29 is 24.2 Å². The molecule has 1 atom stereocenters. The first-order valence-corrected chi connectivity index (χ1v) is 15.5. The van der Waals surface area contributed by atoms with E-state index in [9.17, 15) is 0 Å². The molecule has 2 aliphatic rings. The zero-order valence-electron chi connectivity index (χ0n) is 26.0. The van der Waals surface area contributed by atoms with Gasteiger partial charge in [-0.15, -0.1) is 30.4 Å². The number of aryl methyl sites for hydroxylation is 2. The Balaban J connectivity index is 0.000000532. The molecule has 6 rings (SSSR count). The van der Waals surface area contributed by atoms with E-state index in [2.05, 4.69) is 119 Å². The summed E-state index contributed by atoms with van der Waals surface area (Å²) < 4.78 is 3.34. The van der Waals surface area contributed by atoms with Crippen LogP contribution in [-0.2, 0) is 30.7 Å². The summed E-state index contributed by atoms with van der Waals surface area (Å²) in [7, 11) is 0. The topological polar surface area (TPSA) is 0 Å². The van der Waals surface area contributed by atoms with E-state index in [0.29, 0.717) is 11.3 Å². The number of allylic oxidation sites excluding steroid dienone is 4. The van der Waals surface area contributed by atoms with Gasteiger partial charge in [-0.1, -0.05) is 95.2 Å². The van der Waals surface area contributed by atoms with Crippen molar-refractivity contribution in [1.82, 2.24) is 0 Å². The van der Waals surface area contributed by atoms with Gasteiger partial charge < -0.3 is 0 Å². The Morgan fingerprint density at radius 2 is 1.21 bits per heavy atom. The first kappa shape index (κ1) is 39.7. The minimum absolute atomic E-state index is 0. The molecule has 4 aromatic carbocycles. The fourth-order valence-corrected chi connectivity index (χ4v) is 4.59. The summed E-state index contributed by atoms with van der Waals surface area (Å²) >= 11 is 1.30. The summed E-state index contributed by atoms with van der Waals surface area (Å²) in [5.41, 5.74) is 11.2. The van der Waals surface area contributed by atoms with E-state index < -0.39 is 0 Å². The Morgan fingerprint density at radius 3 is 1.62 bits per heavy atom. The van der Waals surface area contributed by atoms with Crippen molar-refractivity contribution in [3.05, 3.63) is 155 Å². The van der Waals surface area contributed by atoms with Crippen molar-refractivity contribution >= 4 is 29.0 Å². The maximum absolute atomic E-state index is 3.40. The van der Waals surface area contributed by atoms with E-state index in [1.54, 1.807) is 0 Å². The molecule has 4 aromatic rings. The Labute approximate surface area is 283 Å². The van der Waals surface area contributed by atoms with Gasteiger partial charge in [0.1, 0.15) is 0 Å². The van der Waals surface area contributed by atoms with Crippen molar-refractivity contribution in [2.75, 3.05) is 0 Å². The predicted molar refractivity (Wildman–Crippen MR) is 184 cm³/mol. The standard InChI is InChI=1S/C13H9.C11H17.2C7H7.CH2.2ClH.Zr/c1-3-7-12-10(5-1)9-11-6-2-4-8-13(11)12;1-8-6-9(2)10(7-8)11(3,4)5;2*1-7-5-3-2-4-6-7;;;;/h1-5,7-8H,9H2;7-8H,1-5H3;2*3-6H,1H3;1H2;2*1H;/q4*-1;;;;. The maximum atomic E-state index is 3.40. The Kier molecular flexibility index (Phi) is 19.4. The van der Waals surface area contributed by atoms with Crippen LogP contribution in [0, 0.1) is 49.5 Å². The third-order valence-electron chi connectivity index (χ3n) is 6.46. The summed E-state index contributed by atoms with van der Waals surface area (Å²) in [6, 6.07) is 39.7. The van der Waals surface area contributed by atoms with Crippen molar-refractivity contribution in [2.24, 2.45) is 11.3 Å². The molecule has 0 spiro atoms. The first-order chi connectivity index (χ1) is 19.1. The SMILES string of the molecule is CC1=[C-]C(C)C=C1C(C)(C)C.Cc1cc[c-]cc1.Cc1cc[c-]cc1.Cl.Cl.[CH2]=[Zr].[c-]1cccc2c1Cc1ccccc1-2. The summed E-state index contributed by atoms with van der Waals surface area (Å²) in [6.45, 7) is 15.2. The summed E-state index contributed by atoms with van der Waals surface area (Å²) in [5, 5.41) is 0. The second kappa shape index (κ2) is 20.6. The number of halogens is 2. The molecule has 0 nitrogen and oxygen atoms in total. The van der Waals surface area contributed by atoms with Gasteiger partial charge in [-0.3, -0.25) is 6.08 Å². The number of fused-ring (bicyclic) bond motifs is 3. The van der Waals surface area contributed by atoms with E-state index in [1.807, 2.05) is 54.6 Å². The molecule has 0 heterocycles. The molecule has 0 aromatic heterocycles. The molecule has 1 unspecified atom stereocenters. The predicted octanol–water partition coefficient (Wildman–Crippen LogP) is 10.8. The van der Waals surface area contributed by atoms with Gasteiger partial charge in [-0.2, -0.15) is 113 Å². The van der Waals surface area contributed by atoms with E-state index in [-0.39, 0.29) is 24.8 Å². The third kappa shape index (κ3) is 13.3. The van der Waals surface area contributed by atoms with Crippen LogP contribution in [0.5, 0.6) is 0 Å². The van der Waals surface area contributed by atoms with Crippen LogP contribution in [0.1, 0.15) is 56.9 Å². The van der Waals surface area contributed by atoms with Crippen molar-refractivity contribution in [3.63, 3.8) is 0 Å². The maximum Gasteiger partial charge on any atom is -0.0253 e. The Hall–Kier alpha value is -2.31. The largest absolute Gasteiger partial charge is 0.179 e. The van der Waals surface area contributed by atoms with Gasteiger partial charge in [0.05, 0.1) is 0 Å². The molecule has 0 N–H and O–H groups in total. The van der Waals surface area contributed by atoms with Gasteiger partial charge in [-0.05, 0) is 6.42 Å². The van der Waals surface area contributed by atoms with Crippen LogP contribution in [-0.4, -0.2) is 4.21 Å². The minimum atomic E-state index is 0. The monoisotopic (exact) mass is 672 g/mol. The molecule has 222 valence electrons. The quantitative estimate of drug-likeness (QED) is 0.143. The van der Waals surface area contributed by atoms with Gasteiger partial charge in [0.15, 0.2) is 0 Å². The van der Waals surface area contributed by atoms with Crippen LogP contribution in [0.2, 0.25) is 0 Å². The van der Waals surface area contributed by atoms with Gasteiger partial charge in [-0.25, -0.2) is 5.57 Å². The second-order valence-corrected chi connectivity index (χ2v) is 10.9. The fourth-order valence-electron chi connectivity index (χ4n) is 4.59. The van der Waals surface area contributed by atoms with Crippen LogP contribution < -0.4 is 0 Å². The van der Waals surface area contributed by atoms with Gasteiger partial charge >= 0.3 is 28.4 Å². The molecule has 0 saturated heterocycles. The van der Waals surface area contributed by atoms with Crippen LogP contribution in [0.15, 0.2) is 108 Å². The molecule has 3 heteroatoms. The number of hydrogen-bond acceptors (Lipinski definition) is 0. The van der Waals surface area contributed by atoms with Crippen molar-refractivity contribution in [3.8, 4) is 11.1 Å². The van der Waals surface area contributed by atoms with E-state index in [0.717, 1.165) is 6.42 Å². The van der Waals surface area contributed by atoms with E-state index in [1.165, 1.54) is 68.8 Å². The van der Waals surface area contributed by atoms with Crippen LogP contribution in [0.4, 0.5) is 0 Å². The number of hydrogen-bond donors (Lipinski definition) is 0. The summed E-state index contributed by atoms with van der Waals surface area (Å²) in [6.07, 6.45) is 6.76. The Morgan fingerprint density at radius 1 is 0.714 bits per heavy atom. The van der Waals surface area contributed by atoms with Gasteiger partial charge in [0.2, 0.25) is 0 Å². The smallest absolute Gasteiger partial charge is 0.0253 e. The molecule has 2 aliphatic carbocycles. The molecule has 0 aliphatic heterocycles. The molecule has 0 amide bonds. The molecule has 0 saturated carbocycles. The van der Waals surface area contributed by atoms with Gasteiger partial charge in [0, 0.05) is 0 Å². The summed E-state index contributed by atoms with van der Waals surface area (Å²) in [5.74, 6) is 0.518. The molecule has 0 fully saturated rings. The minimum Gasteiger partial charge on any atom is -0.179 e. The van der Waals surface area contributed by atoms with E-state index in [4.69, 9.17) is 0 Å². The molecule has 0 radical (unpaired) electrons. The summed E-state index contributed by atoms with van der Waals surface area (Å²) in [4.78, 5) is 0. The van der Waals surface area contributed by atoms with Gasteiger partial charge in [0.25, 0.3) is 0 Å². The second-order valence-electron chi connectivity index (χ2n) is 10.9. The van der Waals surface area contributed by atoms with Crippen LogP contribution >= 0.6 is 24.8 Å². The average Bonchev–Trinajstić information content (AvgIpc) is 3.51. The molecule has 42 heavy (non-hydrogen) atoms. The number of benzene rings is 4. The van der Waals surface area contributed by atoms with Crippen molar-refractivity contribution in [2.45, 2.75) is 54.9 Å². The van der Waals surface area contributed by atoms with Crippen LogP contribution in [0.25, 0.3) is 11.1 Å². The average molecular weight is 675 g/mol. The first-order valence-electron chi connectivity index (χ1n) is 13.8. The third-order valence-corrected chi connectivity index (χ3v) is 6.46. The Bertz CT molecular complexity index is 1290. The zero-order valence-corrected chi connectivity index (χ0v) is 30.1. The van der Waals surface area contributed by atoms with E-state index >= 15 is 0 Å². The van der Waals surface area contributed by atoms with Crippen LogP contribution in [0.3, 0.4) is 0 Å². The fraction of sp³-hybridized carbons (Fsp3) is 0.256. The van der Waals surface area contributed by atoms with Crippen molar-refractivity contribution in [1.29, 1.82) is 0 Å². The number of rotatable bonds is 0. The molecular weight excluding hydrogens is 631 g/mol. The zero-order chi connectivity index (χ0) is 29.5.